The third-order valence-electron chi connectivity index (χ3n) is 11.7. The Kier molecular flexibility index (Phi) is 14.1. The van der Waals surface area contributed by atoms with Crippen LogP contribution in [0.2, 0.25) is 0 Å². The maximum Gasteiger partial charge on any atom is 0.422 e. The molecule has 0 spiro atoms. The molecule has 66 heavy (non-hydrogen) atoms. The number of fused-ring (bicyclic) bond motifs is 4. The minimum absolute atomic E-state index is 0.0217. The zero-order chi connectivity index (χ0) is 47.6. The SMILES string of the molecule is CC(O)C(NC(=O)C12CC3OC(=O)C1N(Cc1cccc(C=CC(=O)OCC(F)(F)F)c1)OC2C1OC(c2ccccc2)(c2ccccc2)OC31)C(=O)NC(CO)CCC(=O)OC(C)(C)C. The molecule has 4 aliphatic rings. The molecule has 3 aromatic carbocycles. The Bertz CT molecular complexity index is 2250. The third kappa shape index (κ3) is 10.3. The van der Waals surface area contributed by atoms with E-state index in [9.17, 15) is 42.6 Å². The summed E-state index contributed by atoms with van der Waals surface area (Å²) in [5.74, 6) is -5.94. The van der Waals surface area contributed by atoms with Crippen LogP contribution in [0.15, 0.2) is 91.0 Å². The van der Waals surface area contributed by atoms with Crippen molar-refractivity contribution in [1.82, 2.24) is 15.7 Å². The number of benzene rings is 3. The Labute approximate surface area is 378 Å². The Morgan fingerprint density at radius 3 is 2.20 bits per heavy atom. The van der Waals surface area contributed by atoms with E-state index >= 15 is 4.79 Å². The van der Waals surface area contributed by atoms with E-state index in [1.165, 1.54) is 18.1 Å². The molecule has 9 atom stereocenters. The average molecular weight is 924 g/mol. The van der Waals surface area contributed by atoms with E-state index in [0.29, 0.717) is 22.3 Å². The smallest absolute Gasteiger partial charge is 0.422 e. The fourth-order valence-electron chi connectivity index (χ4n) is 8.89. The molecule has 4 fully saturated rings. The number of aliphatic hydroxyl groups is 2. The Balaban J connectivity index is 1.21. The third-order valence-corrected chi connectivity index (χ3v) is 11.7. The highest BCUT2D eigenvalue weighted by atomic mass is 19.4. The summed E-state index contributed by atoms with van der Waals surface area (Å²) in [5, 5.41) is 27.7. The van der Waals surface area contributed by atoms with Crippen molar-refractivity contribution < 1.29 is 75.9 Å². The van der Waals surface area contributed by atoms with Crippen molar-refractivity contribution in [1.29, 1.82) is 0 Å². The summed E-state index contributed by atoms with van der Waals surface area (Å²) in [4.78, 5) is 74.7. The average Bonchev–Trinajstić information content (AvgIpc) is 3.85. The Morgan fingerprint density at radius 1 is 0.939 bits per heavy atom. The van der Waals surface area contributed by atoms with Crippen LogP contribution in [0, 0.1) is 5.41 Å². The van der Waals surface area contributed by atoms with Gasteiger partial charge in [0.05, 0.1) is 25.3 Å². The second kappa shape index (κ2) is 19.3. The molecule has 7 rings (SSSR count). The molecule has 354 valence electrons. The first-order chi connectivity index (χ1) is 31.2. The van der Waals surface area contributed by atoms with Gasteiger partial charge in [-0.15, -0.1) is 0 Å². The summed E-state index contributed by atoms with van der Waals surface area (Å²) >= 11 is 0. The van der Waals surface area contributed by atoms with Crippen LogP contribution in [-0.2, 0) is 64.8 Å². The molecule has 16 nitrogen and oxygen atoms in total. The standard InChI is InChI=1S/C47H52F3N3O13/c1-27(55)36(41(58)51-32(25-54)19-21-35(57)63-44(2,3)4)52-43(60)45-23-33-37-38(65-47(64-37,30-14-7-5-8-15-30)31-16-9-6-10-17-31)40(45)66-53(39(45)42(59)62-33)24-29-13-11-12-28(22-29)18-20-34(56)61-26-46(48,49)50/h5-18,20,22,27,32-33,36-40,54-55H,19,21,23-26H2,1-4H3,(H,51,58)(H,52,60). The zero-order valence-corrected chi connectivity index (χ0v) is 36.6. The number of hydrogen-bond acceptors (Lipinski definition) is 14. The molecule has 3 heterocycles. The predicted octanol–water partition coefficient (Wildman–Crippen LogP) is 3.76. The number of ether oxygens (including phenoxy) is 5. The van der Waals surface area contributed by atoms with E-state index in [1.54, 1.807) is 69.3 Å². The molecule has 2 amide bonds. The maximum absolute atomic E-state index is 15.2. The van der Waals surface area contributed by atoms with Crippen LogP contribution in [0.5, 0.6) is 0 Å². The molecule has 1 saturated carbocycles. The summed E-state index contributed by atoms with van der Waals surface area (Å²) < 4.78 is 67.4. The summed E-state index contributed by atoms with van der Waals surface area (Å²) in [6, 6.07) is 20.5. The van der Waals surface area contributed by atoms with Gasteiger partial charge in [0.25, 0.3) is 0 Å². The first-order valence-electron chi connectivity index (χ1n) is 21.5. The van der Waals surface area contributed by atoms with Crippen LogP contribution in [0.4, 0.5) is 13.2 Å². The number of carbonyl (C=O) groups excluding carboxylic acids is 5. The van der Waals surface area contributed by atoms with Crippen molar-refractivity contribution in [2.75, 3.05) is 13.2 Å². The van der Waals surface area contributed by atoms with Gasteiger partial charge in [0.15, 0.2) is 12.6 Å². The van der Waals surface area contributed by atoms with Crippen molar-refractivity contribution >= 4 is 35.8 Å². The minimum atomic E-state index is -4.71. The van der Waals surface area contributed by atoms with Gasteiger partial charge in [-0.1, -0.05) is 84.9 Å². The molecule has 19 heteroatoms. The van der Waals surface area contributed by atoms with Crippen LogP contribution in [0.3, 0.4) is 0 Å². The number of hydroxylamine groups is 2. The predicted molar refractivity (Wildman–Crippen MR) is 225 cm³/mol. The lowest BCUT2D eigenvalue weighted by Crippen LogP contribution is -2.71. The van der Waals surface area contributed by atoms with Crippen LogP contribution in [0.25, 0.3) is 6.08 Å². The fourth-order valence-corrected chi connectivity index (χ4v) is 8.89. The fraction of sp³-hybridized carbons (Fsp3) is 0.468. The van der Waals surface area contributed by atoms with Crippen LogP contribution < -0.4 is 10.6 Å². The summed E-state index contributed by atoms with van der Waals surface area (Å²) in [5.41, 5.74) is -0.557. The number of nitrogens with one attached hydrogen (secondary N) is 2. The van der Waals surface area contributed by atoms with Crippen LogP contribution in [0.1, 0.15) is 69.2 Å². The first-order valence-corrected chi connectivity index (χ1v) is 21.5. The van der Waals surface area contributed by atoms with Crippen LogP contribution >= 0.6 is 0 Å². The van der Waals surface area contributed by atoms with Gasteiger partial charge in [0.1, 0.15) is 41.5 Å². The largest absolute Gasteiger partial charge is 0.460 e. The van der Waals surface area contributed by atoms with Crippen molar-refractivity contribution in [2.24, 2.45) is 5.41 Å². The lowest BCUT2D eigenvalue weighted by atomic mass is 9.62. The number of hydrogen-bond donors (Lipinski definition) is 4. The molecular weight excluding hydrogens is 872 g/mol. The van der Waals surface area contributed by atoms with Gasteiger partial charge in [-0.05, 0) is 51.3 Å². The second-order valence-corrected chi connectivity index (χ2v) is 17.7. The van der Waals surface area contributed by atoms with Gasteiger partial charge in [-0.25, -0.2) is 4.79 Å². The lowest BCUT2D eigenvalue weighted by Gasteiger charge is -2.49. The monoisotopic (exact) mass is 923 g/mol. The van der Waals surface area contributed by atoms with E-state index in [1.807, 2.05) is 36.4 Å². The molecule has 1 aliphatic carbocycles. The highest BCUT2D eigenvalue weighted by Crippen LogP contribution is 2.59. The van der Waals surface area contributed by atoms with Crippen molar-refractivity contribution in [3.8, 4) is 0 Å². The number of alkyl halides is 3. The molecular formula is C47H52F3N3O13. The van der Waals surface area contributed by atoms with Crippen molar-refractivity contribution in [2.45, 2.75) is 120 Å². The molecule has 9 unspecified atom stereocenters. The van der Waals surface area contributed by atoms with Gasteiger partial charge in [-0.3, -0.25) is 24.0 Å². The first kappa shape index (κ1) is 48.2. The molecule has 3 saturated heterocycles. The topological polar surface area (TPSA) is 208 Å². The van der Waals surface area contributed by atoms with Gasteiger partial charge in [0.2, 0.25) is 17.6 Å². The van der Waals surface area contributed by atoms with E-state index in [0.717, 1.165) is 6.08 Å². The molecule has 0 aromatic heterocycles. The summed E-state index contributed by atoms with van der Waals surface area (Å²) in [6.07, 6.45) is -8.91. The van der Waals surface area contributed by atoms with Gasteiger partial charge in [-0.2, -0.15) is 18.2 Å². The highest BCUT2D eigenvalue weighted by molar-refractivity contribution is 5.96. The zero-order valence-electron chi connectivity index (χ0n) is 36.6. The maximum atomic E-state index is 15.2. The number of rotatable bonds is 16. The van der Waals surface area contributed by atoms with E-state index in [2.05, 4.69) is 15.4 Å². The summed E-state index contributed by atoms with van der Waals surface area (Å²) in [7, 11) is 0. The van der Waals surface area contributed by atoms with Crippen LogP contribution in [-0.4, -0.2) is 119 Å². The van der Waals surface area contributed by atoms with Crippen molar-refractivity contribution in [3.05, 3.63) is 113 Å². The van der Waals surface area contributed by atoms with Gasteiger partial charge >= 0.3 is 24.1 Å². The Morgan fingerprint density at radius 2 is 1.59 bits per heavy atom. The van der Waals surface area contributed by atoms with E-state index in [4.69, 9.17) is 23.8 Å². The Hall–Kier alpha value is -5.70. The number of aliphatic hydroxyl groups excluding tert-OH is 2. The molecule has 4 N–H and O–H groups in total. The minimum Gasteiger partial charge on any atom is -0.460 e. The number of nitrogens with zero attached hydrogens (tertiary/aromatic N) is 1. The lowest BCUT2D eigenvalue weighted by molar-refractivity contribution is -0.213. The number of carbonyl (C=O) groups is 5. The number of amides is 2. The summed E-state index contributed by atoms with van der Waals surface area (Å²) in [6.45, 7) is 3.87. The number of halogens is 3. The van der Waals surface area contributed by atoms with Crippen molar-refractivity contribution in [3.63, 3.8) is 0 Å². The molecule has 2 bridgehead atoms. The van der Waals surface area contributed by atoms with E-state index < -0.39 is 115 Å². The highest BCUT2D eigenvalue weighted by Gasteiger charge is 2.76. The molecule has 3 aliphatic heterocycles. The van der Waals surface area contributed by atoms with E-state index in [-0.39, 0.29) is 25.8 Å². The molecule has 0 radical (unpaired) electrons. The van der Waals surface area contributed by atoms with Gasteiger partial charge < -0.3 is 44.5 Å². The normalized spacial score (nSPS) is 25.8. The number of esters is 3. The quantitative estimate of drug-likeness (QED) is 0.0918. The van der Waals surface area contributed by atoms with Gasteiger partial charge in [0, 0.05) is 30.0 Å². The second-order valence-electron chi connectivity index (χ2n) is 17.7. The molecule has 3 aromatic rings.